The Morgan fingerprint density at radius 1 is 1.30 bits per heavy atom. The number of thioether (sulfide) groups is 1. The van der Waals surface area contributed by atoms with E-state index in [0.29, 0.717) is 23.3 Å². The number of ether oxygens (including phenoxy) is 1. The van der Waals surface area contributed by atoms with E-state index in [2.05, 4.69) is 15.1 Å². The lowest BCUT2D eigenvalue weighted by Crippen LogP contribution is -1.99. The summed E-state index contributed by atoms with van der Waals surface area (Å²) in [7, 11) is 0. The van der Waals surface area contributed by atoms with Crippen molar-refractivity contribution in [2.45, 2.75) is 11.6 Å². The molecule has 0 bridgehead atoms. The number of fused-ring (bicyclic) bond motifs is 1. The number of rotatable bonds is 7. The molecule has 0 saturated heterocycles. The molecule has 2 heterocycles. The smallest absolute Gasteiger partial charge is 0.269 e. The summed E-state index contributed by atoms with van der Waals surface area (Å²) in [6.07, 6.45) is 4.29. The van der Waals surface area contributed by atoms with Crippen LogP contribution < -0.4 is 4.74 Å². The van der Waals surface area contributed by atoms with Crippen molar-refractivity contribution in [2.75, 3.05) is 12.4 Å². The standard InChI is InChI=1S/C14H13N5O3S/c20-19(21)11-3-5-12(6-4-11)22-9-2-10-23-14-16-13-15-7-1-8-18(13)17-14/h1,3-8H,2,9-10H2. The first-order valence-corrected chi connectivity index (χ1v) is 7.88. The van der Waals surface area contributed by atoms with Crippen LogP contribution in [0, 0.1) is 10.1 Å². The van der Waals surface area contributed by atoms with Crippen LogP contribution in [0.2, 0.25) is 0 Å². The minimum absolute atomic E-state index is 0.0550. The summed E-state index contributed by atoms with van der Waals surface area (Å²) in [4.78, 5) is 18.5. The monoisotopic (exact) mass is 331 g/mol. The maximum absolute atomic E-state index is 10.6. The normalized spacial score (nSPS) is 10.8. The topological polar surface area (TPSA) is 95.5 Å². The third-order valence-corrected chi connectivity index (χ3v) is 3.86. The van der Waals surface area contributed by atoms with E-state index in [1.807, 2.05) is 0 Å². The summed E-state index contributed by atoms with van der Waals surface area (Å²) < 4.78 is 7.18. The average molecular weight is 331 g/mol. The van der Waals surface area contributed by atoms with Gasteiger partial charge in [0.2, 0.25) is 5.16 Å². The van der Waals surface area contributed by atoms with Crippen LogP contribution in [0.15, 0.2) is 47.9 Å². The van der Waals surface area contributed by atoms with Crippen molar-refractivity contribution in [3.8, 4) is 5.75 Å². The molecule has 118 valence electrons. The van der Waals surface area contributed by atoms with Gasteiger partial charge >= 0.3 is 0 Å². The molecule has 0 saturated carbocycles. The maximum atomic E-state index is 10.6. The van der Waals surface area contributed by atoms with Gasteiger partial charge in [-0.2, -0.15) is 4.98 Å². The van der Waals surface area contributed by atoms with E-state index in [1.54, 1.807) is 35.1 Å². The van der Waals surface area contributed by atoms with Crippen LogP contribution in [-0.4, -0.2) is 36.9 Å². The molecule has 0 amide bonds. The maximum Gasteiger partial charge on any atom is 0.269 e. The Morgan fingerprint density at radius 2 is 2.13 bits per heavy atom. The van der Waals surface area contributed by atoms with E-state index in [4.69, 9.17) is 4.74 Å². The lowest BCUT2D eigenvalue weighted by molar-refractivity contribution is -0.384. The first-order chi connectivity index (χ1) is 11.2. The average Bonchev–Trinajstić information content (AvgIpc) is 2.97. The van der Waals surface area contributed by atoms with Gasteiger partial charge in [0, 0.05) is 30.3 Å². The zero-order valence-corrected chi connectivity index (χ0v) is 12.8. The summed E-state index contributed by atoms with van der Waals surface area (Å²) in [5.74, 6) is 2.01. The van der Waals surface area contributed by atoms with Crippen LogP contribution in [0.25, 0.3) is 5.78 Å². The molecular weight excluding hydrogens is 318 g/mol. The largest absolute Gasteiger partial charge is 0.494 e. The molecule has 0 fully saturated rings. The second kappa shape index (κ2) is 7.05. The van der Waals surface area contributed by atoms with Crippen LogP contribution in [-0.2, 0) is 0 Å². The van der Waals surface area contributed by atoms with Crippen molar-refractivity contribution < 1.29 is 9.66 Å². The van der Waals surface area contributed by atoms with Gasteiger partial charge in [-0.1, -0.05) is 11.8 Å². The fourth-order valence-electron chi connectivity index (χ4n) is 1.85. The second-order valence-corrected chi connectivity index (χ2v) is 5.62. The predicted molar refractivity (Wildman–Crippen MR) is 84.7 cm³/mol. The minimum Gasteiger partial charge on any atom is -0.494 e. The van der Waals surface area contributed by atoms with E-state index in [1.165, 1.54) is 23.9 Å². The van der Waals surface area contributed by atoms with Crippen molar-refractivity contribution in [1.29, 1.82) is 0 Å². The van der Waals surface area contributed by atoms with Crippen LogP contribution >= 0.6 is 11.8 Å². The van der Waals surface area contributed by atoms with E-state index in [0.717, 1.165) is 12.2 Å². The highest BCUT2D eigenvalue weighted by Crippen LogP contribution is 2.18. The van der Waals surface area contributed by atoms with Gasteiger partial charge in [-0.3, -0.25) is 10.1 Å². The molecule has 8 nitrogen and oxygen atoms in total. The van der Waals surface area contributed by atoms with Crippen molar-refractivity contribution in [1.82, 2.24) is 19.6 Å². The molecule has 3 aromatic rings. The van der Waals surface area contributed by atoms with Gasteiger partial charge < -0.3 is 4.74 Å². The molecule has 2 aromatic heterocycles. The number of nitrogens with zero attached hydrogens (tertiary/aromatic N) is 5. The summed E-state index contributed by atoms with van der Waals surface area (Å²) in [5, 5.41) is 15.5. The number of non-ortho nitro benzene ring substituents is 1. The quantitative estimate of drug-likeness (QED) is 0.284. The number of hydrogen-bond acceptors (Lipinski definition) is 7. The highest BCUT2D eigenvalue weighted by Gasteiger charge is 2.05. The zero-order chi connectivity index (χ0) is 16.1. The van der Waals surface area contributed by atoms with Gasteiger partial charge in [-0.25, -0.2) is 9.50 Å². The fourth-order valence-corrected chi connectivity index (χ4v) is 2.59. The van der Waals surface area contributed by atoms with Crippen molar-refractivity contribution in [3.63, 3.8) is 0 Å². The number of hydrogen-bond donors (Lipinski definition) is 0. The molecule has 3 rings (SSSR count). The molecule has 0 N–H and O–H groups in total. The molecule has 9 heteroatoms. The number of benzene rings is 1. The van der Waals surface area contributed by atoms with Crippen molar-refractivity contribution in [2.24, 2.45) is 0 Å². The van der Waals surface area contributed by atoms with E-state index in [-0.39, 0.29) is 5.69 Å². The van der Waals surface area contributed by atoms with Gasteiger partial charge in [-0.15, -0.1) is 5.10 Å². The first kappa shape index (κ1) is 15.2. The Hall–Kier alpha value is -2.68. The molecule has 0 aliphatic carbocycles. The molecular formula is C14H13N5O3S. The Bertz CT molecular complexity index is 773. The number of nitro benzene ring substituents is 1. The van der Waals surface area contributed by atoms with E-state index in [9.17, 15) is 10.1 Å². The Kier molecular flexibility index (Phi) is 4.67. The molecule has 0 aliphatic rings. The van der Waals surface area contributed by atoms with E-state index < -0.39 is 4.92 Å². The summed E-state index contributed by atoms with van der Waals surface area (Å²) in [6, 6.07) is 7.85. The number of aromatic nitrogens is 4. The minimum atomic E-state index is -0.433. The molecule has 0 atom stereocenters. The van der Waals surface area contributed by atoms with Gasteiger partial charge in [0.05, 0.1) is 11.5 Å². The number of nitro groups is 1. The third kappa shape index (κ3) is 3.95. The molecule has 0 aliphatic heterocycles. The van der Waals surface area contributed by atoms with Crippen LogP contribution in [0.4, 0.5) is 5.69 Å². The fraction of sp³-hybridized carbons (Fsp3) is 0.214. The van der Waals surface area contributed by atoms with Gasteiger partial charge in [0.15, 0.2) is 0 Å². The Morgan fingerprint density at radius 3 is 2.87 bits per heavy atom. The third-order valence-electron chi connectivity index (χ3n) is 2.93. The SMILES string of the molecule is O=[N+]([O-])c1ccc(OCCCSc2nc3ncccn3n2)cc1. The predicted octanol–water partition coefficient (Wildman–Crippen LogP) is 2.59. The second-order valence-electron chi connectivity index (χ2n) is 4.56. The van der Waals surface area contributed by atoms with Crippen molar-refractivity contribution in [3.05, 3.63) is 52.8 Å². The zero-order valence-electron chi connectivity index (χ0n) is 12.0. The summed E-state index contributed by atoms with van der Waals surface area (Å²) >= 11 is 1.54. The first-order valence-electron chi connectivity index (χ1n) is 6.90. The molecule has 1 aromatic carbocycles. The highest BCUT2D eigenvalue weighted by molar-refractivity contribution is 7.99. The summed E-state index contributed by atoms with van der Waals surface area (Å²) in [6.45, 7) is 0.524. The lowest BCUT2D eigenvalue weighted by atomic mass is 10.3. The molecule has 0 unspecified atom stereocenters. The molecule has 23 heavy (non-hydrogen) atoms. The summed E-state index contributed by atoms with van der Waals surface area (Å²) in [5.41, 5.74) is 0.0550. The molecule has 0 spiro atoms. The highest BCUT2D eigenvalue weighted by atomic mass is 32.2. The Labute approximate surface area is 135 Å². The van der Waals surface area contributed by atoms with Crippen LogP contribution in [0.1, 0.15) is 6.42 Å². The van der Waals surface area contributed by atoms with Gasteiger partial charge in [0.1, 0.15) is 5.75 Å². The Balaban J connectivity index is 1.42. The van der Waals surface area contributed by atoms with Gasteiger partial charge in [0.25, 0.3) is 11.5 Å². The van der Waals surface area contributed by atoms with Gasteiger partial charge in [-0.05, 0) is 24.6 Å². The molecule has 0 radical (unpaired) electrons. The van der Waals surface area contributed by atoms with Crippen LogP contribution in [0.3, 0.4) is 0 Å². The van der Waals surface area contributed by atoms with Crippen molar-refractivity contribution >= 4 is 23.2 Å². The van der Waals surface area contributed by atoms with Crippen LogP contribution in [0.5, 0.6) is 5.75 Å². The van der Waals surface area contributed by atoms with E-state index >= 15 is 0 Å². The lowest BCUT2D eigenvalue weighted by Gasteiger charge is -2.04.